The van der Waals surface area contributed by atoms with Crippen LogP contribution in [0, 0.1) is 18.3 Å². The number of benzene rings is 1. The molecule has 0 spiro atoms. The molecule has 1 unspecified atom stereocenters. The summed E-state index contributed by atoms with van der Waals surface area (Å²) in [6, 6.07) is 10.3. The Morgan fingerprint density at radius 3 is 2.71 bits per heavy atom. The van der Waals surface area contributed by atoms with Gasteiger partial charge in [0.25, 0.3) is 0 Å². The molecule has 0 aliphatic rings. The van der Waals surface area contributed by atoms with Gasteiger partial charge in [0, 0.05) is 6.04 Å². The Labute approximate surface area is 103 Å². The van der Waals surface area contributed by atoms with E-state index in [1.807, 2.05) is 52.0 Å². The second-order valence-corrected chi connectivity index (χ2v) is 4.85. The lowest BCUT2D eigenvalue weighted by Gasteiger charge is -2.25. The summed E-state index contributed by atoms with van der Waals surface area (Å²) in [6.07, 6.45) is 0. The molecule has 0 heterocycles. The van der Waals surface area contributed by atoms with E-state index in [-0.39, 0.29) is 6.04 Å². The molecule has 0 radical (unpaired) electrons. The van der Waals surface area contributed by atoms with E-state index >= 15 is 0 Å². The monoisotopic (exact) mass is 232 g/mol. The maximum atomic E-state index is 9.17. The molecule has 3 nitrogen and oxygen atoms in total. The van der Waals surface area contributed by atoms with Gasteiger partial charge in [-0.3, -0.25) is 5.32 Å². The normalized spacial score (nSPS) is 14.1. The number of nitrogens with one attached hydrogen (secondary N) is 1. The van der Waals surface area contributed by atoms with Crippen LogP contribution in [0.5, 0.6) is 5.75 Å². The summed E-state index contributed by atoms with van der Waals surface area (Å²) in [4.78, 5) is 0. The molecule has 0 aliphatic carbocycles. The second-order valence-electron chi connectivity index (χ2n) is 4.85. The van der Waals surface area contributed by atoms with E-state index in [0.29, 0.717) is 6.61 Å². The lowest BCUT2D eigenvalue weighted by Crippen LogP contribution is -2.49. The molecule has 0 aromatic heterocycles. The van der Waals surface area contributed by atoms with Gasteiger partial charge in [0.2, 0.25) is 0 Å². The molecule has 1 aromatic carbocycles. The van der Waals surface area contributed by atoms with E-state index in [1.165, 1.54) is 0 Å². The summed E-state index contributed by atoms with van der Waals surface area (Å²) in [7, 11) is 0. The third-order valence-electron chi connectivity index (χ3n) is 2.37. The molecule has 0 fully saturated rings. The summed E-state index contributed by atoms with van der Waals surface area (Å²) in [6.45, 7) is 8.24. The van der Waals surface area contributed by atoms with Crippen LogP contribution in [0.1, 0.15) is 26.3 Å². The van der Waals surface area contributed by atoms with Gasteiger partial charge >= 0.3 is 0 Å². The number of nitrogens with zero attached hydrogens (tertiary/aromatic N) is 1. The highest BCUT2D eigenvalue weighted by molar-refractivity contribution is 5.27. The molecule has 0 saturated heterocycles. The molecule has 0 bridgehead atoms. The Balaban J connectivity index is 2.62. The molecule has 17 heavy (non-hydrogen) atoms. The number of nitriles is 1. The molecule has 0 aliphatic heterocycles. The summed E-state index contributed by atoms with van der Waals surface area (Å²) < 4.78 is 5.66. The van der Waals surface area contributed by atoms with Crippen molar-refractivity contribution >= 4 is 0 Å². The fourth-order valence-corrected chi connectivity index (χ4v) is 1.68. The van der Waals surface area contributed by atoms with Crippen LogP contribution in [0.2, 0.25) is 0 Å². The molecular weight excluding hydrogens is 212 g/mol. The van der Waals surface area contributed by atoms with Crippen molar-refractivity contribution < 1.29 is 4.74 Å². The molecule has 1 rings (SSSR count). The SMILES string of the molecule is Cc1cccc(OCC(C)(C#N)NC(C)C)c1. The largest absolute Gasteiger partial charge is 0.491 e. The minimum absolute atomic E-state index is 0.251. The summed E-state index contributed by atoms with van der Waals surface area (Å²) in [5.41, 5.74) is 0.496. The minimum Gasteiger partial charge on any atom is -0.491 e. The van der Waals surface area contributed by atoms with Gasteiger partial charge in [0.05, 0.1) is 6.07 Å². The Morgan fingerprint density at radius 2 is 2.18 bits per heavy atom. The highest BCUT2D eigenvalue weighted by Crippen LogP contribution is 2.14. The van der Waals surface area contributed by atoms with Gasteiger partial charge in [-0.15, -0.1) is 0 Å². The summed E-state index contributed by atoms with van der Waals surface area (Å²) in [5.74, 6) is 0.803. The predicted molar refractivity (Wildman–Crippen MR) is 69.0 cm³/mol. The van der Waals surface area contributed by atoms with Crippen molar-refractivity contribution in [2.24, 2.45) is 0 Å². The van der Waals surface area contributed by atoms with E-state index in [2.05, 4.69) is 11.4 Å². The smallest absolute Gasteiger partial charge is 0.138 e. The third-order valence-corrected chi connectivity index (χ3v) is 2.37. The predicted octanol–water partition coefficient (Wildman–Crippen LogP) is 2.65. The number of aryl methyl sites for hydroxylation is 1. The van der Waals surface area contributed by atoms with E-state index in [1.54, 1.807) is 0 Å². The van der Waals surface area contributed by atoms with Gasteiger partial charge in [-0.2, -0.15) is 5.26 Å². The second kappa shape index (κ2) is 5.70. The first-order valence-corrected chi connectivity index (χ1v) is 5.83. The van der Waals surface area contributed by atoms with Crippen LogP contribution in [0.25, 0.3) is 0 Å². The first kappa shape index (κ1) is 13.5. The van der Waals surface area contributed by atoms with Crippen LogP contribution in [0.15, 0.2) is 24.3 Å². The van der Waals surface area contributed by atoms with Crippen LogP contribution in [0.4, 0.5) is 0 Å². The van der Waals surface area contributed by atoms with Crippen molar-refractivity contribution in [1.82, 2.24) is 5.32 Å². The van der Waals surface area contributed by atoms with E-state index < -0.39 is 5.54 Å². The first-order valence-electron chi connectivity index (χ1n) is 5.83. The molecule has 1 N–H and O–H groups in total. The zero-order valence-electron chi connectivity index (χ0n) is 10.9. The Bertz CT molecular complexity index is 409. The lowest BCUT2D eigenvalue weighted by atomic mass is 10.1. The minimum atomic E-state index is -0.655. The third kappa shape index (κ3) is 4.46. The van der Waals surface area contributed by atoms with Crippen molar-refractivity contribution in [3.8, 4) is 11.8 Å². The maximum Gasteiger partial charge on any atom is 0.138 e. The van der Waals surface area contributed by atoms with Crippen LogP contribution < -0.4 is 10.1 Å². The highest BCUT2D eigenvalue weighted by Gasteiger charge is 2.25. The van der Waals surface area contributed by atoms with Crippen LogP contribution in [0.3, 0.4) is 0 Å². The van der Waals surface area contributed by atoms with Crippen molar-refractivity contribution in [2.45, 2.75) is 39.3 Å². The molecule has 92 valence electrons. The van der Waals surface area contributed by atoms with Gasteiger partial charge in [-0.1, -0.05) is 12.1 Å². The zero-order valence-corrected chi connectivity index (χ0v) is 10.9. The Hall–Kier alpha value is -1.53. The van der Waals surface area contributed by atoms with Crippen molar-refractivity contribution in [3.63, 3.8) is 0 Å². The highest BCUT2D eigenvalue weighted by atomic mass is 16.5. The summed E-state index contributed by atoms with van der Waals surface area (Å²) >= 11 is 0. The molecule has 3 heteroatoms. The number of hydrogen-bond acceptors (Lipinski definition) is 3. The topological polar surface area (TPSA) is 45.0 Å². The fourth-order valence-electron chi connectivity index (χ4n) is 1.68. The van der Waals surface area contributed by atoms with Crippen molar-refractivity contribution in [1.29, 1.82) is 5.26 Å². The number of ether oxygens (including phenoxy) is 1. The average Bonchev–Trinajstić information content (AvgIpc) is 2.26. The van der Waals surface area contributed by atoms with Gasteiger partial charge in [0.15, 0.2) is 0 Å². The molecule has 1 aromatic rings. The van der Waals surface area contributed by atoms with Crippen molar-refractivity contribution in [3.05, 3.63) is 29.8 Å². The molecule has 0 saturated carbocycles. The Morgan fingerprint density at radius 1 is 1.47 bits per heavy atom. The molecular formula is C14H20N2O. The quantitative estimate of drug-likeness (QED) is 0.849. The van der Waals surface area contributed by atoms with E-state index in [9.17, 15) is 5.26 Å². The van der Waals surface area contributed by atoms with Crippen LogP contribution in [-0.4, -0.2) is 18.2 Å². The lowest BCUT2D eigenvalue weighted by molar-refractivity contribution is 0.225. The number of hydrogen-bond donors (Lipinski definition) is 1. The van der Waals surface area contributed by atoms with Crippen LogP contribution >= 0.6 is 0 Å². The van der Waals surface area contributed by atoms with Gasteiger partial charge in [-0.25, -0.2) is 0 Å². The molecule has 0 amide bonds. The van der Waals surface area contributed by atoms with Gasteiger partial charge in [0.1, 0.15) is 17.9 Å². The fraction of sp³-hybridized carbons (Fsp3) is 0.500. The van der Waals surface area contributed by atoms with E-state index in [0.717, 1.165) is 11.3 Å². The van der Waals surface area contributed by atoms with Gasteiger partial charge < -0.3 is 4.74 Å². The van der Waals surface area contributed by atoms with Crippen molar-refractivity contribution in [2.75, 3.05) is 6.61 Å². The summed E-state index contributed by atoms with van der Waals surface area (Å²) in [5, 5.41) is 12.4. The standard InChI is InChI=1S/C14H20N2O/c1-11(2)16-14(4,9-15)10-17-13-7-5-6-12(3)8-13/h5-8,11,16H,10H2,1-4H3. The first-order chi connectivity index (χ1) is 7.95. The number of rotatable bonds is 5. The van der Waals surface area contributed by atoms with Gasteiger partial charge in [-0.05, 0) is 45.4 Å². The average molecular weight is 232 g/mol. The molecule has 1 atom stereocenters. The zero-order chi connectivity index (χ0) is 12.9. The van der Waals surface area contributed by atoms with E-state index in [4.69, 9.17) is 4.74 Å². The van der Waals surface area contributed by atoms with Crippen LogP contribution in [-0.2, 0) is 0 Å². The maximum absolute atomic E-state index is 9.17. The Kier molecular flexibility index (Phi) is 4.53.